The highest BCUT2D eigenvalue weighted by atomic mass is 35.5. The van der Waals surface area contributed by atoms with Crippen LogP contribution in [0.1, 0.15) is 0 Å². The van der Waals surface area contributed by atoms with E-state index in [-0.39, 0.29) is 23.7 Å². The van der Waals surface area contributed by atoms with E-state index < -0.39 is 17.8 Å². The Morgan fingerprint density at radius 2 is 2.00 bits per heavy atom. The molecule has 0 fully saturated rings. The number of anilines is 2. The van der Waals surface area contributed by atoms with Crippen molar-refractivity contribution in [2.24, 2.45) is 0 Å². The van der Waals surface area contributed by atoms with Gasteiger partial charge in [0.25, 0.3) is 11.5 Å². The average Bonchev–Trinajstić information content (AvgIpc) is 3.38. The van der Waals surface area contributed by atoms with Crippen LogP contribution in [-0.2, 0) is 11.3 Å². The van der Waals surface area contributed by atoms with Gasteiger partial charge in [-0.25, -0.2) is 18.9 Å². The second-order valence-corrected chi connectivity index (χ2v) is 8.14. The van der Waals surface area contributed by atoms with Crippen molar-refractivity contribution >= 4 is 46.6 Å². The molecule has 3 aromatic heterocycles. The smallest absolute Gasteiger partial charge is 0.399 e. The maximum Gasteiger partial charge on any atom is 0.420 e. The van der Waals surface area contributed by atoms with Crippen LogP contribution in [0.25, 0.3) is 5.69 Å². The average molecular weight is 489 g/mol. The minimum atomic E-state index is -0.824. The second kappa shape index (κ2) is 9.63. The van der Waals surface area contributed by atoms with Gasteiger partial charge >= 0.3 is 6.09 Å². The molecule has 3 heterocycles. The van der Waals surface area contributed by atoms with Gasteiger partial charge in [0.05, 0.1) is 15.7 Å². The number of aromatic nitrogens is 4. The Bertz CT molecular complexity index is 1380. The number of amides is 2. The Morgan fingerprint density at radius 3 is 2.73 bits per heavy atom. The number of nitrogens with zero attached hydrogens (tertiary/aromatic N) is 4. The molecule has 2 amide bonds. The minimum Gasteiger partial charge on any atom is -0.399 e. The van der Waals surface area contributed by atoms with E-state index in [0.717, 1.165) is 22.1 Å². The van der Waals surface area contributed by atoms with Crippen LogP contribution in [0.3, 0.4) is 0 Å². The zero-order valence-electron chi connectivity index (χ0n) is 16.6. The Hall–Kier alpha value is -4.03. The first-order valence-corrected chi connectivity index (χ1v) is 10.5. The lowest BCUT2D eigenvalue weighted by Gasteiger charge is -2.09. The van der Waals surface area contributed by atoms with Gasteiger partial charge in [0, 0.05) is 18.3 Å². The van der Waals surface area contributed by atoms with Gasteiger partial charge in [-0.2, -0.15) is 0 Å². The summed E-state index contributed by atoms with van der Waals surface area (Å²) >= 11 is 6.85. The van der Waals surface area contributed by atoms with E-state index >= 15 is 0 Å². The highest BCUT2D eigenvalue weighted by molar-refractivity contribution is 7.17. The molecular formula is C20H14ClFN6O4S. The van der Waals surface area contributed by atoms with E-state index in [2.05, 4.69) is 20.7 Å². The van der Waals surface area contributed by atoms with Gasteiger partial charge in [0.15, 0.2) is 5.06 Å². The first-order valence-electron chi connectivity index (χ1n) is 9.28. The van der Waals surface area contributed by atoms with Crippen molar-refractivity contribution < 1.29 is 18.7 Å². The molecular weight excluding hydrogens is 475 g/mol. The van der Waals surface area contributed by atoms with Crippen molar-refractivity contribution in [3.8, 4) is 10.8 Å². The van der Waals surface area contributed by atoms with Gasteiger partial charge in [-0.05, 0) is 30.3 Å². The summed E-state index contributed by atoms with van der Waals surface area (Å²) in [7, 11) is 0. The summed E-state index contributed by atoms with van der Waals surface area (Å²) in [4.78, 5) is 39.9. The number of hydrogen-bond acceptors (Lipinski definition) is 7. The molecule has 2 N–H and O–H groups in total. The molecule has 0 aliphatic carbocycles. The topological polar surface area (TPSA) is 120 Å². The highest BCUT2D eigenvalue weighted by Crippen LogP contribution is 2.28. The van der Waals surface area contributed by atoms with Gasteiger partial charge in [0.2, 0.25) is 5.91 Å². The van der Waals surface area contributed by atoms with E-state index in [0.29, 0.717) is 15.1 Å². The molecule has 0 atom stereocenters. The standard InChI is InChI=1S/C20H14ClFN6O4S/c21-15-6-7-18(33-15)32-20(31)25-19-23-11-27(26-19)10-16(29)24-14-5-4-12(9-13(14)22)28-8-2-1-3-17(28)30/h1-9,11H,10H2,(H,24,29)(H,25,26,31). The quantitative estimate of drug-likeness (QED) is 0.428. The molecule has 0 radical (unpaired) electrons. The van der Waals surface area contributed by atoms with Crippen LogP contribution in [0.4, 0.5) is 20.8 Å². The van der Waals surface area contributed by atoms with Crippen molar-refractivity contribution in [3.05, 3.63) is 81.6 Å². The van der Waals surface area contributed by atoms with Crippen LogP contribution in [0, 0.1) is 5.82 Å². The number of rotatable bonds is 6. The van der Waals surface area contributed by atoms with Gasteiger partial charge in [-0.3, -0.25) is 19.5 Å². The van der Waals surface area contributed by atoms with E-state index in [1.165, 1.54) is 41.4 Å². The van der Waals surface area contributed by atoms with Crippen molar-refractivity contribution in [1.82, 2.24) is 19.3 Å². The molecule has 4 rings (SSSR count). The normalized spacial score (nSPS) is 10.6. The fourth-order valence-corrected chi connectivity index (χ4v) is 3.59. The Kier molecular flexibility index (Phi) is 6.47. The number of ether oxygens (including phenoxy) is 1. The first kappa shape index (κ1) is 22.2. The molecule has 10 nitrogen and oxygen atoms in total. The number of pyridine rings is 1. The third kappa shape index (κ3) is 5.61. The van der Waals surface area contributed by atoms with E-state index in [1.54, 1.807) is 18.2 Å². The molecule has 0 saturated heterocycles. The zero-order chi connectivity index (χ0) is 23.4. The molecule has 168 valence electrons. The van der Waals surface area contributed by atoms with Crippen LogP contribution >= 0.6 is 22.9 Å². The van der Waals surface area contributed by atoms with Gasteiger partial charge in [0.1, 0.15) is 18.7 Å². The number of carbonyl (C=O) groups excluding carboxylic acids is 2. The largest absolute Gasteiger partial charge is 0.420 e. The number of carbonyl (C=O) groups is 2. The molecule has 0 spiro atoms. The van der Waals surface area contributed by atoms with Gasteiger partial charge in [-0.15, -0.1) is 5.10 Å². The Labute approximate surface area is 194 Å². The van der Waals surface area contributed by atoms with Crippen LogP contribution < -0.4 is 20.9 Å². The highest BCUT2D eigenvalue weighted by Gasteiger charge is 2.13. The SMILES string of the molecule is O=C(Cn1cnc(NC(=O)Oc2ccc(Cl)s2)n1)Nc1ccc(-n2ccccc2=O)cc1F. The molecule has 13 heteroatoms. The molecule has 33 heavy (non-hydrogen) atoms. The summed E-state index contributed by atoms with van der Waals surface area (Å²) in [6.07, 6.45) is 1.91. The molecule has 0 saturated carbocycles. The van der Waals surface area contributed by atoms with Crippen LogP contribution in [0.5, 0.6) is 5.06 Å². The van der Waals surface area contributed by atoms with E-state index in [9.17, 15) is 18.8 Å². The van der Waals surface area contributed by atoms with Crippen molar-refractivity contribution in [2.75, 3.05) is 10.6 Å². The third-order valence-electron chi connectivity index (χ3n) is 4.13. The molecule has 0 unspecified atom stereocenters. The monoisotopic (exact) mass is 488 g/mol. The summed E-state index contributed by atoms with van der Waals surface area (Å²) in [5.41, 5.74) is -0.0588. The molecule has 1 aromatic carbocycles. The zero-order valence-corrected chi connectivity index (χ0v) is 18.1. The van der Waals surface area contributed by atoms with Crippen molar-refractivity contribution in [3.63, 3.8) is 0 Å². The third-order valence-corrected chi connectivity index (χ3v) is 5.23. The molecule has 0 aliphatic rings. The molecule has 0 aliphatic heterocycles. The predicted octanol–water partition coefficient (Wildman–Crippen LogP) is 3.53. The lowest BCUT2D eigenvalue weighted by Crippen LogP contribution is -2.21. The minimum absolute atomic E-state index is 0.0654. The summed E-state index contributed by atoms with van der Waals surface area (Å²) in [5.74, 6) is -1.38. The Morgan fingerprint density at radius 1 is 1.15 bits per heavy atom. The molecule has 4 aromatic rings. The van der Waals surface area contributed by atoms with E-state index in [1.807, 2.05) is 0 Å². The molecule has 0 bridgehead atoms. The van der Waals surface area contributed by atoms with Crippen LogP contribution in [0.2, 0.25) is 4.34 Å². The summed E-state index contributed by atoms with van der Waals surface area (Å²) in [6, 6.07) is 11.7. The van der Waals surface area contributed by atoms with Gasteiger partial charge < -0.3 is 10.1 Å². The van der Waals surface area contributed by atoms with Crippen LogP contribution in [0.15, 0.2) is 65.8 Å². The van der Waals surface area contributed by atoms with E-state index in [4.69, 9.17) is 16.3 Å². The Balaban J connectivity index is 1.34. The van der Waals surface area contributed by atoms with Crippen molar-refractivity contribution in [1.29, 1.82) is 0 Å². The summed E-state index contributed by atoms with van der Waals surface area (Å²) in [6.45, 7) is -0.288. The predicted molar refractivity (Wildman–Crippen MR) is 120 cm³/mol. The second-order valence-electron chi connectivity index (χ2n) is 6.46. The fraction of sp³-hybridized carbons (Fsp3) is 0.0500. The van der Waals surface area contributed by atoms with Crippen LogP contribution in [-0.4, -0.2) is 31.3 Å². The van der Waals surface area contributed by atoms with Gasteiger partial charge in [-0.1, -0.05) is 29.0 Å². The lowest BCUT2D eigenvalue weighted by molar-refractivity contribution is -0.116. The summed E-state index contributed by atoms with van der Waals surface area (Å²) < 4.78 is 22.4. The number of hydrogen-bond donors (Lipinski definition) is 2. The maximum atomic E-state index is 14.5. The fourth-order valence-electron chi connectivity index (χ4n) is 2.72. The summed E-state index contributed by atoms with van der Waals surface area (Å²) in [5, 5.41) is 8.98. The number of halogens is 2. The maximum absolute atomic E-state index is 14.5. The number of nitrogens with one attached hydrogen (secondary N) is 2. The van der Waals surface area contributed by atoms with Crippen molar-refractivity contribution in [2.45, 2.75) is 6.54 Å². The number of benzene rings is 1. The number of thiophene rings is 1. The lowest BCUT2D eigenvalue weighted by atomic mass is 10.2. The first-order chi connectivity index (χ1) is 15.9.